The van der Waals surface area contributed by atoms with Crippen LogP contribution in [-0.2, 0) is 6.18 Å². The number of aromatic nitrogens is 2. The first-order valence-corrected chi connectivity index (χ1v) is 14.6. The number of ether oxygens (including phenoxy) is 1. The van der Waals surface area contributed by atoms with Crippen molar-refractivity contribution < 1.29 is 36.2 Å². The second-order valence-corrected chi connectivity index (χ2v) is 12.4. The average molecular weight is 628 g/mol. The van der Waals surface area contributed by atoms with Crippen molar-refractivity contribution in [2.24, 2.45) is 0 Å². The highest BCUT2D eigenvalue weighted by molar-refractivity contribution is 6.34. The predicted octanol–water partition coefficient (Wildman–Crippen LogP) is 5.85. The van der Waals surface area contributed by atoms with Crippen LogP contribution >= 0.6 is 11.6 Å². The van der Waals surface area contributed by atoms with Gasteiger partial charge in [0, 0.05) is 60.7 Å². The molecule has 4 atom stereocenters. The minimum atomic E-state index is -5.22. The van der Waals surface area contributed by atoms with Gasteiger partial charge in [-0.2, -0.15) is 23.1 Å². The van der Waals surface area contributed by atoms with Gasteiger partial charge < -0.3 is 20.1 Å². The van der Waals surface area contributed by atoms with Gasteiger partial charge in [0.2, 0.25) is 0 Å². The number of phenols is 1. The molecule has 4 fully saturated rings. The molecule has 4 saturated heterocycles. The van der Waals surface area contributed by atoms with Gasteiger partial charge in [-0.1, -0.05) is 11.6 Å². The smallest absolute Gasteiger partial charge is 0.419 e. The molecule has 2 N–H and O–H groups in total. The Morgan fingerprint density at radius 3 is 2.56 bits per heavy atom. The molecule has 0 saturated carbocycles. The van der Waals surface area contributed by atoms with Crippen LogP contribution in [0.1, 0.15) is 37.7 Å². The lowest BCUT2D eigenvalue weighted by atomic mass is 9.95. The first-order valence-electron chi connectivity index (χ1n) is 14.2. The number of piperazine rings is 1. The van der Waals surface area contributed by atoms with Crippen molar-refractivity contribution in [3.8, 4) is 22.9 Å². The van der Waals surface area contributed by atoms with E-state index < -0.39 is 57.0 Å². The fourth-order valence-electron chi connectivity index (χ4n) is 7.41. The third-order valence-corrected chi connectivity index (χ3v) is 9.52. The lowest BCUT2D eigenvalue weighted by Crippen LogP contribution is -2.51. The Morgan fingerprint density at radius 2 is 1.84 bits per heavy atom. The monoisotopic (exact) mass is 627 g/mol. The van der Waals surface area contributed by atoms with Crippen molar-refractivity contribution in [2.45, 2.75) is 62.1 Å². The number of phenolic OH excluding ortho intramolecular Hbond substituents is 1. The van der Waals surface area contributed by atoms with Crippen LogP contribution in [0, 0.1) is 11.6 Å². The summed E-state index contributed by atoms with van der Waals surface area (Å²) in [5.74, 6) is -3.54. The maximum absolute atomic E-state index is 16.5. The summed E-state index contributed by atoms with van der Waals surface area (Å²) in [6.45, 7) is 2.18. The van der Waals surface area contributed by atoms with E-state index in [0.717, 1.165) is 25.8 Å². The summed E-state index contributed by atoms with van der Waals surface area (Å²) in [6, 6.07) is 2.33. The number of halogens is 7. The largest absolute Gasteiger partial charge is 0.508 e. The quantitative estimate of drug-likeness (QED) is 0.344. The van der Waals surface area contributed by atoms with E-state index in [9.17, 15) is 27.1 Å². The zero-order chi connectivity index (χ0) is 30.3. The molecular formula is C29H28ClF6N5O2. The number of fused-ring (bicyclic) bond motifs is 4. The predicted molar refractivity (Wildman–Crippen MR) is 147 cm³/mol. The molecule has 14 heteroatoms. The normalized spacial score (nSPS) is 27.3. The number of anilines is 1. The van der Waals surface area contributed by atoms with Gasteiger partial charge in [-0.05, 0) is 44.4 Å². The fourth-order valence-corrected chi connectivity index (χ4v) is 7.70. The number of hydrogen-bond donors (Lipinski definition) is 2. The van der Waals surface area contributed by atoms with Gasteiger partial charge in [0.1, 0.15) is 35.7 Å². The van der Waals surface area contributed by atoms with Crippen LogP contribution in [-0.4, -0.2) is 76.6 Å². The molecule has 4 aliphatic heterocycles. The second-order valence-electron chi connectivity index (χ2n) is 12.0. The van der Waals surface area contributed by atoms with Gasteiger partial charge in [0.25, 0.3) is 0 Å². The Bertz CT molecular complexity index is 1600. The van der Waals surface area contributed by atoms with Crippen LogP contribution in [0.25, 0.3) is 22.0 Å². The Kier molecular flexibility index (Phi) is 6.86. The maximum Gasteiger partial charge on any atom is 0.419 e. The fraction of sp³-hybridized carbons (Fsp3) is 0.517. The van der Waals surface area contributed by atoms with Crippen molar-refractivity contribution >= 4 is 28.3 Å². The van der Waals surface area contributed by atoms with Crippen LogP contribution in [0.4, 0.5) is 32.2 Å². The maximum atomic E-state index is 16.5. The molecule has 43 heavy (non-hydrogen) atoms. The molecule has 4 aliphatic rings. The van der Waals surface area contributed by atoms with Crippen molar-refractivity contribution in [3.63, 3.8) is 0 Å². The summed E-state index contributed by atoms with van der Waals surface area (Å²) < 4.78 is 93.3. The standard InChI is InChI=1S/C29H28ClF6N5O2/c30-20-8-19-25(24(33)22(20)18-6-17(42)7-21(32)23(18)29(34,35)36)38-27(39-26(19)40-11-15-2-3-16(12-40)37-15)43-13-28-4-1-5-41(28)10-14(31)9-28/h6-8,14-16,37,42H,1-5,9-13H2/t14-,15?,16?,28+/m1/s1. The number of benzene rings is 2. The number of nitrogens with zero attached hydrogens (tertiary/aromatic N) is 4. The summed E-state index contributed by atoms with van der Waals surface area (Å²) in [4.78, 5) is 12.9. The lowest BCUT2D eigenvalue weighted by Gasteiger charge is -2.34. The molecule has 2 bridgehead atoms. The summed E-state index contributed by atoms with van der Waals surface area (Å²) >= 11 is 6.44. The zero-order valence-electron chi connectivity index (χ0n) is 22.8. The molecule has 0 spiro atoms. The van der Waals surface area contributed by atoms with E-state index in [-0.39, 0.29) is 42.0 Å². The SMILES string of the molecule is Oc1cc(F)c(C(F)(F)F)c(-c2c(Cl)cc3c(N4CC5CCC(C4)N5)nc(OC[C@@]45CCCN4C[C@H](F)C5)nc3c2F)c1. The summed E-state index contributed by atoms with van der Waals surface area (Å²) in [5.41, 5.74) is -4.40. The molecule has 7 rings (SSSR count). The lowest BCUT2D eigenvalue weighted by molar-refractivity contribution is -0.139. The summed E-state index contributed by atoms with van der Waals surface area (Å²) in [6.07, 6.45) is -2.45. The number of nitrogens with one attached hydrogen (secondary N) is 1. The number of aromatic hydroxyl groups is 1. The highest BCUT2D eigenvalue weighted by Gasteiger charge is 2.49. The molecule has 0 amide bonds. The van der Waals surface area contributed by atoms with Crippen molar-refractivity contribution in [1.29, 1.82) is 0 Å². The van der Waals surface area contributed by atoms with E-state index in [0.29, 0.717) is 44.0 Å². The second kappa shape index (κ2) is 10.3. The molecule has 7 nitrogen and oxygen atoms in total. The number of rotatable bonds is 5. The topological polar surface area (TPSA) is 73.8 Å². The molecule has 230 valence electrons. The molecule has 5 heterocycles. The average Bonchev–Trinajstić information content (AvgIpc) is 3.56. The molecule has 1 aromatic heterocycles. The Morgan fingerprint density at radius 1 is 1.09 bits per heavy atom. The van der Waals surface area contributed by atoms with E-state index in [2.05, 4.69) is 15.3 Å². The minimum absolute atomic E-state index is 0.0588. The highest BCUT2D eigenvalue weighted by atomic mass is 35.5. The molecule has 2 aromatic carbocycles. The Hall–Kier alpha value is -3.03. The Balaban J connectivity index is 1.38. The highest BCUT2D eigenvalue weighted by Crippen LogP contribution is 2.46. The zero-order valence-corrected chi connectivity index (χ0v) is 23.6. The summed E-state index contributed by atoms with van der Waals surface area (Å²) in [7, 11) is 0. The van der Waals surface area contributed by atoms with Gasteiger partial charge in [-0.15, -0.1) is 0 Å². The third kappa shape index (κ3) is 4.93. The van der Waals surface area contributed by atoms with Crippen molar-refractivity contribution in [3.05, 3.63) is 40.4 Å². The summed E-state index contributed by atoms with van der Waals surface area (Å²) in [5, 5.41) is 13.2. The molecule has 0 aliphatic carbocycles. The molecule has 3 aromatic rings. The van der Waals surface area contributed by atoms with Gasteiger partial charge in [-0.25, -0.2) is 13.2 Å². The molecule has 0 radical (unpaired) electrons. The van der Waals surface area contributed by atoms with E-state index >= 15 is 4.39 Å². The van der Waals surface area contributed by atoms with Gasteiger partial charge in [0.15, 0.2) is 5.82 Å². The minimum Gasteiger partial charge on any atom is -0.508 e. The Labute approximate surface area is 247 Å². The van der Waals surface area contributed by atoms with Crippen LogP contribution in [0.15, 0.2) is 18.2 Å². The van der Waals surface area contributed by atoms with E-state index in [1.165, 1.54) is 6.07 Å². The van der Waals surface area contributed by atoms with Gasteiger partial charge in [-0.3, -0.25) is 4.90 Å². The van der Waals surface area contributed by atoms with Crippen LogP contribution in [0.3, 0.4) is 0 Å². The molecule has 2 unspecified atom stereocenters. The van der Waals surface area contributed by atoms with Crippen molar-refractivity contribution in [2.75, 3.05) is 37.7 Å². The van der Waals surface area contributed by atoms with Gasteiger partial charge in [0.05, 0.1) is 16.1 Å². The number of alkyl halides is 4. The molecular weight excluding hydrogens is 600 g/mol. The third-order valence-electron chi connectivity index (χ3n) is 9.22. The first kappa shape index (κ1) is 28.7. The van der Waals surface area contributed by atoms with Crippen LogP contribution in [0.2, 0.25) is 5.02 Å². The number of hydrogen-bond acceptors (Lipinski definition) is 7. The van der Waals surface area contributed by atoms with E-state index in [4.69, 9.17) is 16.3 Å². The van der Waals surface area contributed by atoms with E-state index in [1.807, 2.05) is 9.80 Å². The van der Waals surface area contributed by atoms with E-state index in [1.54, 1.807) is 0 Å². The first-order chi connectivity index (χ1) is 20.4. The van der Waals surface area contributed by atoms with Gasteiger partial charge >= 0.3 is 12.2 Å². The van der Waals surface area contributed by atoms with Crippen molar-refractivity contribution in [1.82, 2.24) is 20.2 Å². The van der Waals surface area contributed by atoms with Crippen LogP contribution in [0.5, 0.6) is 11.8 Å². The van der Waals surface area contributed by atoms with Crippen LogP contribution < -0.4 is 15.0 Å².